The Morgan fingerprint density at radius 2 is 1.98 bits per heavy atom. The number of hydrogen-bond acceptors (Lipinski definition) is 9. The van der Waals surface area contributed by atoms with Crippen molar-refractivity contribution in [2.45, 2.75) is 39.0 Å². The van der Waals surface area contributed by atoms with Crippen molar-refractivity contribution in [3.05, 3.63) is 84.0 Å². The van der Waals surface area contributed by atoms with Crippen molar-refractivity contribution in [2.24, 2.45) is 5.73 Å². The van der Waals surface area contributed by atoms with Crippen LogP contribution in [0, 0.1) is 0 Å². The molecule has 0 spiro atoms. The van der Waals surface area contributed by atoms with Gasteiger partial charge < -0.3 is 35.1 Å². The predicted molar refractivity (Wildman–Crippen MR) is 173 cm³/mol. The van der Waals surface area contributed by atoms with Gasteiger partial charge in [0.25, 0.3) is 0 Å². The second kappa shape index (κ2) is 15.7. The number of nitrogens with one attached hydrogen (secondary N) is 2. The molecule has 0 fully saturated rings. The van der Waals surface area contributed by atoms with Gasteiger partial charge in [0.05, 0.1) is 37.2 Å². The number of benzene rings is 1. The largest absolute Gasteiger partial charge is 0.493 e. The third-order valence-electron chi connectivity index (χ3n) is 7.33. The summed E-state index contributed by atoms with van der Waals surface area (Å²) in [5.41, 5.74) is 9.84. The lowest BCUT2D eigenvalue weighted by Gasteiger charge is -2.17. The fraction of sp³-hybridized carbons (Fsp3) is 0.353. The van der Waals surface area contributed by atoms with Crippen molar-refractivity contribution in [2.75, 3.05) is 44.8 Å². The number of carbonyl (C=O) groups excluding carboxylic acids is 2. The molecule has 3 aromatic heterocycles. The number of nitrogens with zero attached hydrogens (tertiary/aromatic N) is 3. The van der Waals surface area contributed by atoms with Crippen LogP contribution in [0.1, 0.15) is 43.0 Å². The summed E-state index contributed by atoms with van der Waals surface area (Å²) >= 11 is 0. The molecule has 1 aromatic carbocycles. The number of rotatable bonds is 15. The van der Waals surface area contributed by atoms with Gasteiger partial charge in [0, 0.05) is 67.6 Å². The van der Waals surface area contributed by atoms with E-state index in [0.29, 0.717) is 62.6 Å². The number of hydrogen-bond donors (Lipinski definition) is 3. The SMILES string of the molecule is CCOC(=O)C=C(c1cncc(OCCCC(=O)NCCN)c1)n1ccc2cc(OCCc3ccc4c(n3)NCCC4)ccc21. The second-order valence-corrected chi connectivity index (χ2v) is 10.6. The normalized spacial score (nSPS) is 12.7. The first kappa shape index (κ1) is 31.5. The molecule has 236 valence electrons. The van der Waals surface area contributed by atoms with E-state index in [-0.39, 0.29) is 12.5 Å². The maximum Gasteiger partial charge on any atom is 0.332 e. The number of pyridine rings is 2. The molecule has 11 heteroatoms. The van der Waals surface area contributed by atoms with Crippen LogP contribution in [0.15, 0.2) is 67.1 Å². The van der Waals surface area contributed by atoms with Crippen molar-refractivity contribution in [1.29, 1.82) is 0 Å². The summed E-state index contributed by atoms with van der Waals surface area (Å²) in [5.74, 6) is 1.74. The highest BCUT2D eigenvalue weighted by molar-refractivity contribution is 5.95. The summed E-state index contributed by atoms with van der Waals surface area (Å²) in [5, 5.41) is 7.08. The number of aromatic nitrogens is 3. The van der Waals surface area contributed by atoms with E-state index < -0.39 is 5.97 Å². The molecule has 4 N–H and O–H groups in total. The number of nitrogens with two attached hydrogens (primary N) is 1. The molecule has 4 aromatic rings. The minimum atomic E-state index is -0.463. The molecule has 0 aliphatic carbocycles. The molecule has 0 saturated heterocycles. The molecule has 0 unspecified atom stereocenters. The zero-order valence-corrected chi connectivity index (χ0v) is 25.6. The number of aryl methyl sites for hydroxylation is 1. The van der Waals surface area contributed by atoms with E-state index in [1.807, 2.05) is 41.1 Å². The summed E-state index contributed by atoms with van der Waals surface area (Å²) in [6.45, 7) is 4.69. The molecule has 1 aliphatic rings. The first-order valence-corrected chi connectivity index (χ1v) is 15.4. The fourth-order valence-corrected chi connectivity index (χ4v) is 5.15. The van der Waals surface area contributed by atoms with Gasteiger partial charge in [0.1, 0.15) is 17.3 Å². The molecule has 45 heavy (non-hydrogen) atoms. The van der Waals surface area contributed by atoms with Crippen LogP contribution in [0.4, 0.5) is 5.82 Å². The maximum absolute atomic E-state index is 12.6. The van der Waals surface area contributed by atoms with Gasteiger partial charge in [0.2, 0.25) is 5.91 Å². The zero-order chi connectivity index (χ0) is 31.4. The van der Waals surface area contributed by atoms with Crippen LogP contribution in [0.2, 0.25) is 0 Å². The summed E-state index contributed by atoms with van der Waals surface area (Å²) in [4.78, 5) is 33.5. The van der Waals surface area contributed by atoms with E-state index >= 15 is 0 Å². The molecule has 11 nitrogen and oxygen atoms in total. The highest BCUT2D eigenvalue weighted by atomic mass is 16.5. The molecule has 1 amide bonds. The highest BCUT2D eigenvalue weighted by Gasteiger charge is 2.14. The van der Waals surface area contributed by atoms with Crippen LogP contribution in [0.5, 0.6) is 11.5 Å². The van der Waals surface area contributed by atoms with Crippen LogP contribution < -0.4 is 25.8 Å². The highest BCUT2D eigenvalue weighted by Crippen LogP contribution is 2.29. The van der Waals surface area contributed by atoms with Crippen molar-refractivity contribution >= 4 is 34.3 Å². The Morgan fingerprint density at radius 3 is 2.84 bits per heavy atom. The number of carbonyl (C=O) groups is 2. The lowest BCUT2D eigenvalue weighted by molar-refractivity contribution is -0.137. The van der Waals surface area contributed by atoms with Crippen LogP contribution in [0.25, 0.3) is 16.6 Å². The van der Waals surface area contributed by atoms with Crippen molar-refractivity contribution < 1.29 is 23.8 Å². The molecule has 0 bridgehead atoms. The Morgan fingerprint density at radius 1 is 1.09 bits per heavy atom. The maximum atomic E-state index is 12.6. The Kier molecular flexibility index (Phi) is 11.0. The monoisotopic (exact) mass is 612 g/mol. The van der Waals surface area contributed by atoms with Crippen molar-refractivity contribution in [3.8, 4) is 11.5 Å². The average Bonchev–Trinajstić information content (AvgIpc) is 3.48. The Balaban J connectivity index is 1.28. The lowest BCUT2D eigenvalue weighted by atomic mass is 10.1. The van der Waals surface area contributed by atoms with E-state index in [2.05, 4.69) is 27.8 Å². The Bertz CT molecular complexity index is 1650. The van der Waals surface area contributed by atoms with Gasteiger partial charge in [-0.25, -0.2) is 9.78 Å². The topological polar surface area (TPSA) is 143 Å². The van der Waals surface area contributed by atoms with Crippen LogP contribution in [-0.4, -0.2) is 65.9 Å². The Labute approximate surface area is 262 Å². The summed E-state index contributed by atoms with van der Waals surface area (Å²) < 4.78 is 19.1. The molecule has 5 rings (SSSR count). The number of anilines is 1. The lowest BCUT2D eigenvalue weighted by Crippen LogP contribution is -2.29. The summed E-state index contributed by atoms with van der Waals surface area (Å²) in [6.07, 6.45) is 10.4. The van der Waals surface area contributed by atoms with Crippen LogP contribution in [-0.2, 0) is 27.2 Å². The minimum Gasteiger partial charge on any atom is -0.493 e. The molecule has 0 saturated carbocycles. The summed E-state index contributed by atoms with van der Waals surface area (Å²) in [6, 6.07) is 13.9. The smallest absolute Gasteiger partial charge is 0.332 e. The quantitative estimate of drug-likeness (QED) is 0.103. The Hall–Kier alpha value is -4.90. The number of amides is 1. The molecule has 1 aliphatic heterocycles. The first-order chi connectivity index (χ1) is 22.0. The van der Waals surface area contributed by atoms with E-state index in [1.165, 1.54) is 11.6 Å². The predicted octanol–water partition coefficient (Wildman–Crippen LogP) is 4.10. The van der Waals surface area contributed by atoms with Gasteiger partial charge >= 0.3 is 5.97 Å². The standard InChI is InChI=1S/C34H40N6O5/c1-2-43-33(42)21-31(26-20-29(23-36-22-26)44-17-4-6-32(41)37-15-13-35)40-16-11-25-19-28(9-10-30(25)40)45-18-12-27-8-7-24-5-3-14-38-34(24)39-27/h7-11,16,19-23H,2-6,12-15,17-18,35H2,1H3,(H,37,41)(H,38,39). The van der Waals surface area contributed by atoms with Gasteiger partial charge in [-0.2, -0.15) is 0 Å². The number of ether oxygens (including phenoxy) is 3. The van der Waals surface area contributed by atoms with E-state index in [1.54, 1.807) is 19.3 Å². The third kappa shape index (κ3) is 8.60. The average molecular weight is 613 g/mol. The van der Waals surface area contributed by atoms with Gasteiger partial charge in [-0.15, -0.1) is 0 Å². The van der Waals surface area contributed by atoms with Gasteiger partial charge in [0.15, 0.2) is 0 Å². The second-order valence-electron chi connectivity index (χ2n) is 10.6. The number of fused-ring (bicyclic) bond motifs is 2. The number of esters is 1. The third-order valence-corrected chi connectivity index (χ3v) is 7.33. The van der Waals surface area contributed by atoms with Gasteiger partial charge in [-0.05, 0) is 68.1 Å². The van der Waals surface area contributed by atoms with Gasteiger partial charge in [-0.3, -0.25) is 9.78 Å². The molecular weight excluding hydrogens is 572 g/mol. The minimum absolute atomic E-state index is 0.0624. The molecule has 0 radical (unpaired) electrons. The van der Waals surface area contributed by atoms with Crippen molar-refractivity contribution in [1.82, 2.24) is 19.9 Å². The zero-order valence-electron chi connectivity index (χ0n) is 25.6. The van der Waals surface area contributed by atoms with E-state index in [9.17, 15) is 9.59 Å². The van der Waals surface area contributed by atoms with Crippen LogP contribution >= 0.6 is 0 Å². The van der Waals surface area contributed by atoms with E-state index in [4.69, 9.17) is 24.9 Å². The molecule has 0 atom stereocenters. The molecule has 4 heterocycles. The van der Waals surface area contributed by atoms with E-state index in [0.717, 1.165) is 47.6 Å². The van der Waals surface area contributed by atoms with Crippen LogP contribution in [0.3, 0.4) is 0 Å². The van der Waals surface area contributed by atoms with Crippen molar-refractivity contribution in [3.63, 3.8) is 0 Å². The first-order valence-electron chi connectivity index (χ1n) is 15.4. The summed E-state index contributed by atoms with van der Waals surface area (Å²) in [7, 11) is 0. The van der Waals surface area contributed by atoms with Gasteiger partial charge in [-0.1, -0.05) is 6.07 Å². The fourth-order valence-electron chi connectivity index (χ4n) is 5.15. The molecular formula is C34H40N6O5.